The Morgan fingerprint density at radius 1 is 1.30 bits per heavy atom. The molecule has 102 valence electrons. The van der Waals surface area contributed by atoms with Gasteiger partial charge in [0.25, 0.3) is 5.69 Å². The molecule has 1 N–H and O–H groups in total. The van der Waals surface area contributed by atoms with Crippen molar-refractivity contribution < 1.29 is 19.6 Å². The van der Waals surface area contributed by atoms with Crippen molar-refractivity contribution in [2.75, 3.05) is 0 Å². The topological polar surface area (TPSA) is 103 Å². The van der Waals surface area contributed by atoms with E-state index in [4.69, 9.17) is 9.84 Å². The van der Waals surface area contributed by atoms with Gasteiger partial charge in [0.15, 0.2) is 11.4 Å². The lowest BCUT2D eigenvalue weighted by atomic mass is 10.2. The maximum Gasteiger partial charge on any atom is 0.358 e. The molecular formula is C13H10N2O5. The summed E-state index contributed by atoms with van der Waals surface area (Å²) in [6.07, 6.45) is 1.36. The van der Waals surface area contributed by atoms with Gasteiger partial charge in [0.05, 0.1) is 4.92 Å². The number of carboxylic acid groups (broad SMARTS) is 1. The second-order valence-corrected chi connectivity index (χ2v) is 3.87. The second-order valence-electron chi connectivity index (χ2n) is 3.87. The van der Waals surface area contributed by atoms with Gasteiger partial charge in [-0.1, -0.05) is 0 Å². The lowest BCUT2D eigenvalue weighted by molar-refractivity contribution is -0.384. The standard InChI is InChI=1S/C13H10N2O5/c16-13(17)12-11(2-1-7-14-12)20-8-9-3-5-10(6-4-9)15(18)19/h1-7H,8H2,(H,16,17). The van der Waals surface area contributed by atoms with Crippen LogP contribution in [0.2, 0.25) is 0 Å². The Morgan fingerprint density at radius 2 is 2.00 bits per heavy atom. The van der Waals surface area contributed by atoms with Gasteiger partial charge >= 0.3 is 5.97 Å². The molecule has 0 unspecified atom stereocenters. The number of nitrogens with zero attached hydrogens (tertiary/aromatic N) is 2. The van der Waals surface area contributed by atoms with E-state index < -0.39 is 10.9 Å². The number of ether oxygens (including phenoxy) is 1. The van der Waals surface area contributed by atoms with Gasteiger partial charge in [-0.3, -0.25) is 10.1 Å². The number of aromatic carboxylic acids is 1. The highest BCUT2D eigenvalue weighted by Crippen LogP contribution is 2.18. The third kappa shape index (κ3) is 3.08. The maximum atomic E-state index is 10.9. The quantitative estimate of drug-likeness (QED) is 0.662. The highest BCUT2D eigenvalue weighted by molar-refractivity contribution is 5.88. The summed E-state index contributed by atoms with van der Waals surface area (Å²) in [7, 11) is 0. The van der Waals surface area contributed by atoms with Crippen molar-refractivity contribution in [1.82, 2.24) is 4.98 Å². The van der Waals surface area contributed by atoms with Crippen molar-refractivity contribution in [2.45, 2.75) is 6.61 Å². The van der Waals surface area contributed by atoms with E-state index in [0.717, 1.165) is 0 Å². The van der Waals surface area contributed by atoms with Crippen LogP contribution in [-0.2, 0) is 6.61 Å². The summed E-state index contributed by atoms with van der Waals surface area (Å²) in [5.74, 6) is -1.03. The van der Waals surface area contributed by atoms with E-state index in [1.807, 2.05) is 0 Å². The molecule has 2 rings (SSSR count). The Bertz CT molecular complexity index is 639. The average Bonchev–Trinajstić information content (AvgIpc) is 2.45. The molecule has 0 saturated carbocycles. The highest BCUT2D eigenvalue weighted by atomic mass is 16.6. The molecular weight excluding hydrogens is 264 g/mol. The van der Waals surface area contributed by atoms with Crippen LogP contribution in [0.4, 0.5) is 5.69 Å². The van der Waals surface area contributed by atoms with Gasteiger partial charge in [-0.15, -0.1) is 0 Å². The first kappa shape index (κ1) is 13.5. The van der Waals surface area contributed by atoms with Gasteiger partial charge in [-0.2, -0.15) is 0 Å². The van der Waals surface area contributed by atoms with Gasteiger partial charge in [0.2, 0.25) is 0 Å². The van der Waals surface area contributed by atoms with Crippen molar-refractivity contribution >= 4 is 11.7 Å². The molecule has 1 aromatic carbocycles. The first-order valence-electron chi connectivity index (χ1n) is 5.62. The molecule has 0 fully saturated rings. The first-order chi connectivity index (χ1) is 9.58. The molecule has 7 nitrogen and oxygen atoms in total. The van der Waals surface area contributed by atoms with E-state index >= 15 is 0 Å². The van der Waals surface area contributed by atoms with E-state index in [0.29, 0.717) is 5.56 Å². The molecule has 1 heterocycles. The summed E-state index contributed by atoms with van der Waals surface area (Å²) in [6, 6.07) is 8.89. The van der Waals surface area contributed by atoms with Crippen molar-refractivity contribution in [1.29, 1.82) is 0 Å². The number of carbonyl (C=O) groups is 1. The second kappa shape index (κ2) is 5.79. The SMILES string of the molecule is O=C(O)c1ncccc1OCc1ccc([N+](=O)[O-])cc1. The lowest BCUT2D eigenvalue weighted by Gasteiger charge is -2.07. The Hall–Kier alpha value is -2.96. The number of non-ortho nitro benzene ring substituents is 1. The summed E-state index contributed by atoms with van der Waals surface area (Å²) in [5.41, 5.74) is 0.506. The summed E-state index contributed by atoms with van der Waals surface area (Å²) < 4.78 is 5.37. The van der Waals surface area contributed by atoms with Gasteiger partial charge in [0, 0.05) is 18.3 Å². The average molecular weight is 274 g/mol. The zero-order valence-electron chi connectivity index (χ0n) is 10.2. The Labute approximate surface area is 113 Å². The van der Waals surface area contributed by atoms with Gasteiger partial charge in [0.1, 0.15) is 6.61 Å². The van der Waals surface area contributed by atoms with Crippen LogP contribution in [0.5, 0.6) is 5.75 Å². The van der Waals surface area contributed by atoms with E-state index in [-0.39, 0.29) is 23.7 Å². The van der Waals surface area contributed by atoms with Crippen LogP contribution in [0.3, 0.4) is 0 Å². The molecule has 2 aromatic rings. The lowest BCUT2D eigenvalue weighted by Crippen LogP contribution is -2.05. The molecule has 0 atom stereocenters. The van der Waals surface area contributed by atoms with Crippen LogP contribution in [0.1, 0.15) is 16.1 Å². The highest BCUT2D eigenvalue weighted by Gasteiger charge is 2.12. The molecule has 0 radical (unpaired) electrons. The van der Waals surface area contributed by atoms with Crippen LogP contribution in [0.25, 0.3) is 0 Å². The third-order valence-electron chi connectivity index (χ3n) is 2.51. The number of rotatable bonds is 5. The van der Waals surface area contributed by atoms with Crippen molar-refractivity contribution in [3.05, 3.63) is 64.0 Å². The van der Waals surface area contributed by atoms with E-state index in [2.05, 4.69) is 4.98 Å². The van der Waals surface area contributed by atoms with Crippen LogP contribution >= 0.6 is 0 Å². The minimum Gasteiger partial charge on any atom is -0.486 e. The van der Waals surface area contributed by atoms with Crippen LogP contribution in [0, 0.1) is 10.1 Å². The molecule has 0 bridgehead atoms. The Morgan fingerprint density at radius 3 is 2.60 bits per heavy atom. The molecule has 0 saturated heterocycles. The molecule has 0 aliphatic heterocycles. The third-order valence-corrected chi connectivity index (χ3v) is 2.51. The Kier molecular flexibility index (Phi) is 3.90. The number of aromatic nitrogens is 1. The zero-order valence-corrected chi connectivity index (χ0v) is 10.2. The smallest absolute Gasteiger partial charge is 0.358 e. The van der Waals surface area contributed by atoms with Gasteiger partial charge in [-0.25, -0.2) is 9.78 Å². The number of nitro benzene ring substituents is 1. The first-order valence-corrected chi connectivity index (χ1v) is 5.62. The zero-order chi connectivity index (χ0) is 14.5. The van der Waals surface area contributed by atoms with Crippen molar-refractivity contribution in [2.24, 2.45) is 0 Å². The largest absolute Gasteiger partial charge is 0.486 e. The predicted octanol–water partition coefficient (Wildman–Crippen LogP) is 2.27. The maximum absolute atomic E-state index is 10.9. The van der Waals surface area contributed by atoms with Gasteiger partial charge < -0.3 is 9.84 Å². The molecule has 7 heteroatoms. The van der Waals surface area contributed by atoms with Crippen LogP contribution in [0.15, 0.2) is 42.6 Å². The number of nitro groups is 1. The minimum atomic E-state index is -1.18. The molecule has 1 aromatic heterocycles. The number of carboxylic acids is 1. The van der Waals surface area contributed by atoms with E-state index in [1.54, 1.807) is 18.2 Å². The fraction of sp³-hybridized carbons (Fsp3) is 0.0769. The molecule has 0 spiro atoms. The summed E-state index contributed by atoms with van der Waals surface area (Å²) >= 11 is 0. The van der Waals surface area contributed by atoms with Crippen LogP contribution < -0.4 is 4.74 Å². The monoisotopic (exact) mass is 274 g/mol. The fourth-order valence-corrected chi connectivity index (χ4v) is 1.54. The molecule has 0 aliphatic rings. The van der Waals surface area contributed by atoms with Gasteiger partial charge in [-0.05, 0) is 29.8 Å². The number of pyridine rings is 1. The van der Waals surface area contributed by atoms with Crippen LogP contribution in [-0.4, -0.2) is 21.0 Å². The van der Waals surface area contributed by atoms with Crippen molar-refractivity contribution in [3.8, 4) is 5.75 Å². The molecule has 0 amide bonds. The fourth-order valence-electron chi connectivity index (χ4n) is 1.54. The summed E-state index contributed by atoms with van der Waals surface area (Å²) in [6.45, 7) is 0.101. The number of hydrogen-bond acceptors (Lipinski definition) is 5. The normalized spacial score (nSPS) is 10.0. The summed E-state index contributed by atoms with van der Waals surface area (Å²) in [5, 5.41) is 19.5. The predicted molar refractivity (Wildman–Crippen MR) is 68.6 cm³/mol. The van der Waals surface area contributed by atoms with E-state index in [1.165, 1.54) is 24.4 Å². The number of hydrogen-bond donors (Lipinski definition) is 1. The summed E-state index contributed by atoms with van der Waals surface area (Å²) in [4.78, 5) is 24.7. The minimum absolute atomic E-state index is 0.0126. The Balaban J connectivity index is 2.09. The number of benzene rings is 1. The molecule has 0 aliphatic carbocycles. The van der Waals surface area contributed by atoms with E-state index in [9.17, 15) is 14.9 Å². The molecule has 20 heavy (non-hydrogen) atoms. The van der Waals surface area contributed by atoms with Crippen molar-refractivity contribution in [3.63, 3.8) is 0 Å².